The fourth-order valence-corrected chi connectivity index (χ4v) is 24.6. The van der Waals surface area contributed by atoms with E-state index >= 15 is 0 Å². The van der Waals surface area contributed by atoms with Gasteiger partial charge in [0.05, 0.1) is 0 Å². The number of rotatable bonds is 15. The molecule has 0 N–H and O–H groups in total. The maximum absolute atomic E-state index is 12.7. The van der Waals surface area contributed by atoms with E-state index in [4.69, 9.17) is 16.8 Å². The Bertz CT molecular complexity index is 582. The lowest BCUT2D eigenvalue weighted by Gasteiger charge is -2.45. The largest absolute Gasteiger partial charge is 0.491 e. The maximum atomic E-state index is 12.7. The third-order valence-electron chi connectivity index (χ3n) is 5.75. The molecule has 2 unspecified atom stereocenters. The molecule has 0 radical (unpaired) electrons. The van der Waals surface area contributed by atoms with Crippen LogP contribution in [0.3, 0.4) is 0 Å². The summed E-state index contributed by atoms with van der Waals surface area (Å²) in [6.45, 7) is 29.2. The van der Waals surface area contributed by atoms with Crippen LogP contribution in [0.5, 0.6) is 0 Å². The topological polar surface area (TPSA) is 54.0 Å². The second kappa shape index (κ2) is 12.4. The number of hydrogen-bond acceptors (Lipinski definition) is 5. The van der Waals surface area contributed by atoms with Gasteiger partial charge in [-0.05, 0) is 52.2 Å². The van der Waals surface area contributed by atoms with Crippen molar-refractivity contribution in [1.82, 2.24) is 0 Å². The van der Waals surface area contributed by atoms with Crippen molar-refractivity contribution in [2.45, 2.75) is 124 Å². The van der Waals surface area contributed by atoms with Crippen LogP contribution in [-0.2, 0) is 21.6 Å². The van der Waals surface area contributed by atoms with Crippen molar-refractivity contribution in [2.24, 2.45) is 0 Å². The van der Waals surface area contributed by atoms with Gasteiger partial charge < -0.3 is 16.8 Å². The van der Waals surface area contributed by atoms with Gasteiger partial charge in [-0.2, -0.15) is 0 Å². The molecule has 0 saturated heterocycles. The zero-order valence-electron chi connectivity index (χ0n) is 22.4. The average molecular weight is 507 g/mol. The SMILES string of the molecule is C=C(C)C(=O)O[Si](O[Si](C)(C)O[Si](C)(C)O[Si](C)(C)CCCC)(C(C)CC)C(C)CC. The Morgan fingerprint density at radius 3 is 1.68 bits per heavy atom. The molecule has 31 heavy (non-hydrogen) atoms. The summed E-state index contributed by atoms with van der Waals surface area (Å²) in [6.07, 6.45) is 4.14. The number of carbonyl (C=O) groups is 1. The van der Waals surface area contributed by atoms with E-state index in [1.807, 2.05) is 0 Å². The minimum absolute atomic E-state index is 0.155. The van der Waals surface area contributed by atoms with Gasteiger partial charge >= 0.3 is 31.7 Å². The smallest absolute Gasteiger partial charge is 0.398 e. The summed E-state index contributed by atoms with van der Waals surface area (Å²) in [5.41, 5.74) is 0.721. The Labute approximate surface area is 197 Å². The van der Waals surface area contributed by atoms with E-state index < -0.39 is 34.0 Å². The minimum atomic E-state index is -2.94. The minimum Gasteiger partial charge on any atom is -0.491 e. The highest BCUT2D eigenvalue weighted by Gasteiger charge is 2.55. The Hall–Kier alpha value is -0.0425. The first-order valence-electron chi connectivity index (χ1n) is 12.0. The third-order valence-corrected chi connectivity index (χ3v) is 22.7. The molecule has 9 heteroatoms. The van der Waals surface area contributed by atoms with Crippen molar-refractivity contribution >= 4 is 40.0 Å². The van der Waals surface area contributed by atoms with Crippen LogP contribution in [0, 0.1) is 0 Å². The number of carbonyl (C=O) groups excluding carboxylic acids is 1. The normalized spacial score (nSPS) is 17.0. The van der Waals surface area contributed by atoms with Crippen molar-refractivity contribution in [2.75, 3.05) is 0 Å². The monoisotopic (exact) mass is 506 g/mol. The van der Waals surface area contributed by atoms with Gasteiger partial charge in [0.2, 0.25) is 0 Å². The molecular formula is C22H50O5Si4. The standard InChI is InChI=1S/C22H50O5Si4/c1-14-17-18-28(8,9)25-29(10,11)26-30(12,13)27-31(20(6)15-2,21(7)16-3)24-22(23)19(4)5/h20-21H,4,14-18H2,1-3,5-13H3. The zero-order chi connectivity index (χ0) is 24.7. The molecule has 0 spiro atoms. The van der Waals surface area contributed by atoms with Crippen LogP contribution in [-0.4, -0.2) is 40.0 Å². The summed E-state index contributed by atoms with van der Waals surface area (Å²) in [4.78, 5) is 12.7. The highest BCUT2D eigenvalue weighted by Crippen LogP contribution is 2.42. The summed E-state index contributed by atoms with van der Waals surface area (Å²) in [5.74, 6) is -0.349. The van der Waals surface area contributed by atoms with Crippen molar-refractivity contribution < 1.29 is 21.6 Å². The summed E-state index contributed by atoms with van der Waals surface area (Å²) < 4.78 is 26.5. The Kier molecular flexibility index (Phi) is 12.4. The fraction of sp³-hybridized carbons (Fsp3) is 0.864. The molecule has 0 aromatic heterocycles. The third kappa shape index (κ3) is 10.2. The molecule has 0 aliphatic carbocycles. The lowest BCUT2D eigenvalue weighted by Crippen LogP contribution is -2.61. The van der Waals surface area contributed by atoms with Crippen molar-refractivity contribution in [3.8, 4) is 0 Å². The van der Waals surface area contributed by atoms with Crippen LogP contribution >= 0.6 is 0 Å². The lowest BCUT2D eigenvalue weighted by atomic mass is 10.3. The van der Waals surface area contributed by atoms with E-state index in [1.54, 1.807) is 6.92 Å². The van der Waals surface area contributed by atoms with Crippen LogP contribution < -0.4 is 0 Å². The highest BCUT2D eigenvalue weighted by molar-refractivity contribution is 6.89. The molecule has 0 aromatic carbocycles. The van der Waals surface area contributed by atoms with Crippen LogP contribution in [0.4, 0.5) is 0 Å². The van der Waals surface area contributed by atoms with Crippen LogP contribution in [0.1, 0.15) is 67.2 Å². The second-order valence-electron chi connectivity index (χ2n) is 10.5. The predicted octanol–water partition coefficient (Wildman–Crippen LogP) is 7.61. The van der Waals surface area contributed by atoms with Gasteiger partial charge in [0, 0.05) is 16.7 Å². The molecule has 0 aromatic rings. The first-order valence-corrected chi connectivity index (χ1v) is 22.7. The molecule has 0 aliphatic heterocycles. The van der Waals surface area contributed by atoms with Gasteiger partial charge in [0.15, 0.2) is 8.32 Å². The summed E-state index contributed by atoms with van der Waals surface area (Å²) in [6, 6.07) is 1.14. The Morgan fingerprint density at radius 1 is 0.839 bits per heavy atom. The molecule has 0 aliphatic rings. The molecule has 0 amide bonds. The molecule has 0 heterocycles. The summed E-state index contributed by atoms with van der Waals surface area (Å²) in [7, 11) is -9.80. The van der Waals surface area contributed by atoms with Gasteiger partial charge in [0.1, 0.15) is 0 Å². The van der Waals surface area contributed by atoms with Crippen molar-refractivity contribution in [3.63, 3.8) is 0 Å². The van der Waals surface area contributed by atoms with E-state index in [9.17, 15) is 4.79 Å². The molecule has 0 bridgehead atoms. The van der Waals surface area contributed by atoms with Gasteiger partial charge in [0.25, 0.3) is 0 Å². The molecule has 2 atom stereocenters. The van der Waals surface area contributed by atoms with E-state index in [-0.39, 0.29) is 17.1 Å². The van der Waals surface area contributed by atoms with E-state index in [0.717, 1.165) is 18.9 Å². The maximum Gasteiger partial charge on any atom is 0.398 e. The molecule has 0 rings (SSSR count). The summed E-state index contributed by atoms with van der Waals surface area (Å²) in [5, 5.41) is 0. The van der Waals surface area contributed by atoms with Gasteiger partial charge in [-0.3, -0.25) is 0 Å². The van der Waals surface area contributed by atoms with Gasteiger partial charge in [-0.1, -0.05) is 66.9 Å². The van der Waals surface area contributed by atoms with E-state index in [1.165, 1.54) is 12.8 Å². The Balaban J connectivity index is 5.88. The molecule has 0 fully saturated rings. The number of unbranched alkanes of at least 4 members (excludes halogenated alkanes) is 1. The van der Waals surface area contributed by atoms with Crippen molar-refractivity contribution in [1.29, 1.82) is 0 Å². The summed E-state index contributed by atoms with van der Waals surface area (Å²) >= 11 is 0. The fourth-order valence-electron chi connectivity index (χ4n) is 4.05. The van der Waals surface area contributed by atoms with Crippen molar-refractivity contribution in [3.05, 3.63) is 12.2 Å². The predicted molar refractivity (Wildman–Crippen MR) is 142 cm³/mol. The molecule has 5 nitrogen and oxygen atoms in total. The quantitative estimate of drug-likeness (QED) is 0.169. The van der Waals surface area contributed by atoms with Gasteiger partial charge in [-0.15, -0.1) is 0 Å². The van der Waals surface area contributed by atoms with Crippen LogP contribution in [0.25, 0.3) is 0 Å². The molecule has 184 valence electrons. The molecule has 0 saturated carbocycles. The number of hydrogen-bond donors (Lipinski definition) is 0. The Morgan fingerprint density at radius 2 is 1.29 bits per heavy atom. The van der Waals surface area contributed by atoms with Gasteiger partial charge in [-0.25, -0.2) is 4.79 Å². The van der Waals surface area contributed by atoms with Crippen LogP contribution in [0.15, 0.2) is 12.2 Å². The van der Waals surface area contributed by atoms with Crippen LogP contribution in [0.2, 0.25) is 56.4 Å². The highest BCUT2D eigenvalue weighted by atomic mass is 28.5. The molecular weight excluding hydrogens is 457 g/mol. The van der Waals surface area contributed by atoms with E-state index in [2.05, 4.69) is 80.5 Å². The first kappa shape index (κ1) is 31.0. The lowest BCUT2D eigenvalue weighted by molar-refractivity contribution is -0.132. The average Bonchev–Trinajstić information content (AvgIpc) is 2.61. The first-order chi connectivity index (χ1) is 14.0. The second-order valence-corrected chi connectivity index (χ2v) is 26.2. The zero-order valence-corrected chi connectivity index (χ0v) is 26.4. The van der Waals surface area contributed by atoms with E-state index in [0.29, 0.717) is 5.57 Å².